The highest BCUT2D eigenvalue weighted by Crippen LogP contribution is 2.19. The first-order valence-corrected chi connectivity index (χ1v) is 6.01. The second-order valence-corrected chi connectivity index (χ2v) is 4.90. The number of hydrazone groups is 1. The van der Waals surface area contributed by atoms with Crippen LogP contribution in [0.25, 0.3) is 0 Å². The number of nitrogens with one attached hydrogen (secondary N) is 1. The molecule has 1 rings (SSSR count). The Bertz CT molecular complexity index is 431. The molecule has 0 unspecified atom stereocenters. The fraction of sp³-hybridized carbons (Fsp3) is 0.333. The van der Waals surface area contributed by atoms with Crippen molar-refractivity contribution in [2.75, 3.05) is 0 Å². The van der Waals surface area contributed by atoms with E-state index in [4.69, 9.17) is 23.2 Å². The summed E-state index contributed by atoms with van der Waals surface area (Å²) < 4.78 is 0. The first-order valence-electron chi connectivity index (χ1n) is 5.26. The number of hydrogen-bond acceptors (Lipinski definition) is 2. The maximum Gasteiger partial charge on any atom is 0.240 e. The highest BCUT2D eigenvalue weighted by molar-refractivity contribution is 6.36. The monoisotopic (exact) mass is 272 g/mol. The number of halogens is 2. The summed E-state index contributed by atoms with van der Waals surface area (Å²) in [7, 11) is 0. The van der Waals surface area contributed by atoms with Crippen LogP contribution in [0.3, 0.4) is 0 Å². The van der Waals surface area contributed by atoms with Crippen molar-refractivity contribution in [2.45, 2.75) is 20.3 Å². The third-order valence-electron chi connectivity index (χ3n) is 1.95. The van der Waals surface area contributed by atoms with Crippen LogP contribution in [0.4, 0.5) is 0 Å². The van der Waals surface area contributed by atoms with Gasteiger partial charge in [0, 0.05) is 17.0 Å². The molecule has 0 heterocycles. The lowest BCUT2D eigenvalue weighted by Crippen LogP contribution is -2.19. The van der Waals surface area contributed by atoms with Crippen LogP contribution in [-0.4, -0.2) is 12.1 Å². The average molecular weight is 273 g/mol. The molecule has 1 N–H and O–H groups in total. The van der Waals surface area contributed by atoms with Crippen molar-refractivity contribution in [3.05, 3.63) is 33.8 Å². The summed E-state index contributed by atoms with van der Waals surface area (Å²) in [6.07, 6.45) is 1.95. The van der Waals surface area contributed by atoms with E-state index < -0.39 is 0 Å². The van der Waals surface area contributed by atoms with Gasteiger partial charge in [-0.1, -0.05) is 43.1 Å². The molecule has 3 nitrogen and oxygen atoms in total. The molecule has 0 saturated carbocycles. The Kier molecular flexibility index (Phi) is 5.45. The zero-order valence-electron chi connectivity index (χ0n) is 9.71. The van der Waals surface area contributed by atoms with Crippen molar-refractivity contribution in [1.82, 2.24) is 5.43 Å². The predicted octanol–water partition coefficient (Wildman–Crippen LogP) is 3.49. The minimum atomic E-state index is -0.110. The first kappa shape index (κ1) is 14.0. The molecule has 0 bridgehead atoms. The van der Waals surface area contributed by atoms with E-state index in [1.165, 1.54) is 6.21 Å². The van der Waals surface area contributed by atoms with Crippen molar-refractivity contribution in [2.24, 2.45) is 11.0 Å². The van der Waals surface area contributed by atoms with Crippen molar-refractivity contribution >= 4 is 35.3 Å². The van der Waals surface area contributed by atoms with Gasteiger partial charge in [-0.25, -0.2) is 5.43 Å². The molecule has 92 valence electrons. The van der Waals surface area contributed by atoms with Gasteiger partial charge in [-0.3, -0.25) is 4.79 Å². The molecule has 1 aromatic rings. The van der Waals surface area contributed by atoms with Crippen molar-refractivity contribution < 1.29 is 4.79 Å². The average Bonchev–Trinajstić information content (AvgIpc) is 2.20. The number of hydrogen-bond donors (Lipinski definition) is 1. The topological polar surface area (TPSA) is 41.5 Å². The fourth-order valence-electron chi connectivity index (χ4n) is 1.20. The van der Waals surface area contributed by atoms with Gasteiger partial charge < -0.3 is 0 Å². The van der Waals surface area contributed by atoms with Gasteiger partial charge in [0.05, 0.1) is 11.2 Å². The van der Waals surface area contributed by atoms with Crippen LogP contribution >= 0.6 is 23.2 Å². The summed E-state index contributed by atoms with van der Waals surface area (Å²) in [5.41, 5.74) is 3.15. The molecule has 0 aromatic heterocycles. The van der Waals surface area contributed by atoms with E-state index in [0.29, 0.717) is 27.9 Å². The molecule has 1 aromatic carbocycles. The lowest BCUT2D eigenvalue weighted by Gasteiger charge is -2.02. The molecular formula is C12H14Cl2N2O. The maximum absolute atomic E-state index is 11.3. The highest BCUT2D eigenvalue weighted by atomic mass is 35.5. The van der Waals surface area contributed by atoms with Crippen molar-refractivity contribution in [3.63, 3.8) is 0 Å². The Labute approximate surface area is 111 Å². The van der Waals surface area contributed by atoms with Crippen LogP contribution in [-0.2, 0) is 4.79 Å². The summed E-state index contributed by atoms with van der Waals surface area (Å²) in [5.74, 6) is 0.200. The molecule has 5 heteroatoms. The van der Waals surface area contributed by atoms with Gasteiger partial charge in [-0.05, 0) is 18.1 Å². The van der Waals surface area contributed by atoms with Crippen LogP contribution in [0.15, 0.2) is 23.3 Å². The van der Waals surface area contributed by atoms with Gasteiger partial charge in [-0.15, -0.1) is 0 Å². The van der Waals surface area contributed by atoms with Crippen LogP contribution < -0.4 is 5.43 Å². The molecule has 0 atom stereocenters. The Hall–Kier alpha value is -1.06. The van der Waals surface area contributed by atoms with E-state index in [1.807, 2.05) is 13.8 Å². The van der Waals surface area contributed by atoms with Crippen LogP contribution in [0.2, 0.25) is 10.0 Å². The molecule has 1 amide bonds. The highest BCUT2D eigenvalue weighted by Gasteiger charge is 2.03. The summed E-state index contributed by atoms with van der Waals surface area (Å²) in [5, 5.41) is 4.90. The van der Waals surface area contributed by atoms with Crippen molar-refractivity contribution in [1.29, 1.82) is 0 Å². The van der Waals surface area contributed by atoms with Crippen LogP contribution in [0, 0.1) is 5.92 Å². The SMILES string of the molecule is CC(C)CC(=O)NN=Cc1ccc(Cl)cc1Cl. The molecule has 0 spiro atoms. The van der Waals surface area contributed by atoms with Gasteiger partial charge in [0.1, 0.15) is 0 Å². The molecular weight excluding hydrogens is 259 g/mol. The normalized spacial score (nSPS) is 11.1. The van der Waals surface area contributed by atoms with E-state index in [1.54, 1.807) is 18.2 Å². The quantitative estimate of drug-likeness (QED) is 0.662. The maximum atomic E-state index is 11.3. The minimum absolute atomic E-state index is 0.110. The van der Waals surface area contributed by atoms with Gasteiger partial charge in [0.15, 0.2) is 0 Å². The molecule has 17 heavy (non-hydrogen) atoms. The smallest absolute Gasteiger partial charge is 0.240 e. The third kappa shape index (κ3) is 5.20. The summed E-state index contributed by atoms with van der Waals surface area (Å²) in [6.45, 7) is 3.94. The van der Waals surface area contributed by atoms with E-state index in [2.05, 4.69) is 10.5 Å². The Balaban J connectivity index is 2.56. The molecule has 0 saturated heterocycles. The van der Waals surface area contributed by atoms with Crippen molar-refractivity contribution in [3.8, 4) is 0 Å². The van der Waals surface area contributed by atoms with E-state index in [9.17, 15) is 4.79 Å². The second kappa shape index (κ2) is 6.62. The van der Waals surface area contributed by atoms with Gasteiger partial charge in [0.2, 0.25) is 5.91 Å². The van der Waals surface area contributed by atoms with E-state index in [-0.39, 0.29) is 5.91 Å². The molecule has 0 aliphatic rings. The summed E-state index contributed by atoms with van der Waals surface area (Å²) in [4.78, 5) is 11.3. The number of amides is 1. The zero-order chi connectivity index (χ0) is 12.8. The van der Waals surface area contributed by atoms with Gasteiger partial charge in [0.25, 0.3) is 0 Å². The van der Waals surface area contributed by atoms with Crippen LogP contribution in [0.1, 0.15) is 25.8 Å². The second-order valence-electron chi connectivity index (χ2n) is 4.06. The number of carbonyl (C=O) groups is 1. The predicted molar refractivity (Wildman–Crippen MR) is 71.7 cm³/mol. The Morgan fingerprint density at radius 2 is 2.18 bits per heavy atom. The fourth-order valence-corrected chi connectivity index (χ4v) is 1.65. The number of nitrogens with zero attached hydrogens (tertiary/aromatic N) is 1. The number of benzene rings is 1. The van der Waals surface area contributed by atoms with E-state index >= 15 is 0 Å². The third-order valence-corrected chi connectivity index (χ3v) is 2.51. The summed E-state index contributed by atoms with van der Waals surface area (Å²) in [6, 6.07) is 5.08. The lowest BCUT2D eigenvalue weighted by atomic mass is 10.1. The Morgan fingerprint density at radius 3 is 2.76 bits per heavy atom. The molecule has 0 aliphatic heterocycles. The first-order chi connectivity index (χ1) is 7.99. The largest absolute Gasteiger partial charge is 0.273 e. The van der Waals surface area contributed by atoms with Crippen LogP contribution in [0.5, 0.6) is 0 Å². The standard InChI is InChI=1S/C12H14Cl2N2O/c1-8(2)5-12(17)16-15-7-9-3-4-10(13)6-11(9)14/h3-4,6-8H,5H2,1-2H3,(H,16,17). The zero-order valence-corrected chi connectivity index (χ0v) is 11.2. The van der Waals surface area contributed by atoms with Gasteiger partial charge >= 0.3 is 0 Å². The minimum Gasteiger partial charge on any atom is -0.273 e. The number of rotatable bonds is 4. The van der Waals surface area contributed by atoms with E-state index in [0.717, 1.165) is 0 Å². The number of carbonyl (C=O) groups excluding carboxylic acids is 1. The molecule has 0 aliphatic carbocycles. The Morgan fingerprint density at radius 1 is 1.47 bits per heavy atom. The lowest BCUT2D eigenvalue weighted by molar-refractivity contribution is -0.121. The molecule has 0 fully saturated rings. The van der Waals surface area contributed by atoms with Gasteiger partial charge in [-0.2, -0.15) is 5.10 Å². The molecule has 0 radical (unpaired) electrons. The summed E-state index contributed by atoms with van der Waals surface area (Å²) >= 11 is 11.7.